The predicted molar refractivity (Wildman–Crippen MR) is 107 cm³/mol. The predicted octanol–water partition coefficient (Wildman–Crippen LogP) is 5.10. The van der Waals surface area contributed by atoms with Crippen LogP contribution < -0.4 is 5.32 Å². The molecule has 0 bridgehead atoms. The molecule has 7 heteroatoms. The van der Waals surface area contributed by atoms with Gasteiger partial charge < -0.3 is 9.84 Å². The van der Waals surface area contributed by atoms with Crippen LogP contribution in [-0.2, 0) is 11.3 Å². The molecule has 0 aliphatic carbocycles. The fourth-order valence-electron chi connectivity index (χ4n) is 2.87. The molecule has 0 aliphatic rings. The molecule has 0 saturated carbocycles. The SMILES string of the molecule is Cc1cc(NC(=O)C(c2ccccc2)N(C)Cc2ccc(Cl)cc2Cl)no1. The van der Waals surface area contributed by atoms with Crippen LogP contribution in [0.5, 0.6) is 0 Å². The third-order valence-corrected chi connectivity index (χ3v) is 4.71. The highest BCUT2D eigenvalue weighted by molar-refractivity contribution is 6.35. The Hall–Kier alpha value is -2.34. The van der Waals surface area contributed by atoms with E-state index in [2.05, 4.69) is 10.5 Å². The smallest absolute Gasteiger partial charge is 0.247 e. The number of nitrogens with one attached hydrogen (secondary N) is 1. The number of carbonyl (C=O) groups excluding carboxylic acids is 1. The minimum absolute atomic E-state index is 0.206. The fraction of sp³-hybridized carbons (Fsp3) is 0.200. The summed E-state index contributed by atoms with van der Waals surface area (Å²) in [5, 5.41) is 7.79. The molecular weight excluding hydrogens is 385 g/mol. The highest BCUT2D eigenvalue weighted by atomic mass is 35.5. The molecule has 1 amide bonds. The lowest BCUT2D eigenvalue weighted by atomic mass is 10.0. The normalized spacial score (nSPS) is 12.2. The van der Waals surface area contributed by atoms with Gasteiger partial charge in [-0.3, -0.25) is 9.69 Å². The minimum Gasteiger partial charge on any atom is -0.360 e. The van der Waals surface area contributed by atoms with Gasteiger partial charge in [0.15, 0.2) is 5.82 Å². The van der Waals surface area contributed by atoms with E-state index in [-0.39, 0.29) is 5.91 Å². The van der Waals surface area contributed by atoms with Crippen LogP contribution in [0, 0.1) is 6.92 Å². The van der Waals surface area contributed by atoms with Crippen LogP contribution in [0.25, 0.3) is 0 Å². The Labute approximate surface area is 167 Å². The van der Waals surface area contributed by atoms with Crippen molar-refractivity contribution in [3.8, 4) is 0 Å². The maximum atomic E-state index is 13.0. The van der Waals surface area contributed by atoms with Gasteiger partial charge in [0.25, 0.3) is 0 Å². The van der Waals surface area contributed by atoms with Crippen LogP contribution in [0.15, 0.2) is 59.1 Å². The Kier molecular flexibility index (Phi) is 6.16. The third-order valence-electron chi connectivity index (χ3n) is 4.12. The summed E-state index contributed by atoms with van der Waals surface area (Å²) >= 11 is 12.3. The molecule has 0 saturated heterocycles. The molecule has 0 spiro atoms. The van der Waals surface area contributed by atoms with Gasteiger partial charge in [0.1, 0.15) is 11.8 Å². The number of carbonyl (C=O) groups is 1. The second-order valence-corrected chi connectivity index (χ2v) is 7.12. The molecule has 1 atom stereocenters. The van der Waals surface area contributed by atoms with Crippen molar-refractivity contribution in [3.63, 3.8) is 0 Å². The van der Waals surface area contributed by atoms with E-state index in [0.29, 0.717) is 28.2 Å². The molecule has 0 radical (unpaired) electrons. The van der Waals surface area contributed by atoms with Gasteiger partial charge in [-0.15, -0.1) is 0 Å². The van der Waals surface area contributed by atoms with Crippen LogP contribution in [0.1, 0.15) is 22.9 Å². The van der Waals surface area contributed by atoms with E-state index >= 15 is 0 Å². The maximum absolute atomic E-state index is 13.0. The Morgan fingerprint density at radius 1 is 1.19 bits per heavy atom. The number of hydrogen-bond acceptors (Lipinski definition) is 4. The maximum Gasteiger partial charge on any atom is 0.247 e. The largest absolute Gasteiger partial charge is 0.360 e. The van der Waals surface area contributed by atoms with Crippen molar-refractivity contribution in [1.82, 2.24) is 10.1 Å². The topological polar surface area (TPSA) is 58.4 Å². The molecule has 0 aliphatic heterocycles. The van der Waals surface area contributed by atoms with Crippen LogP contribution in [-0.4, -0.2) is 23.0 Å². The Bertz CT molecular complexity index is 928. The van der Waals surface area contributed by atoms with Gasteiger partial charge in [-0.05, 0) is 37.2 Å². The van der Waals surface area contributed by atoms with Crippen molar-refractivity contribution < 1.29 is 9.32 Å². The fourth-order valence-corrected chi connectivity index (χ4v) is 3.34. The van der Waals surface area contributed by atoms with Gasteiger partial charge in [-0.2, -0.15) is 0 Å². The Morgan fingerprint density at radius 2 is 1.93 bits per heavy atom. The van der Waals surface area contributed by atoms with Crippen molar-refractivity contribution in [3.05, 3.63) is 81.5 Å². The third kappa shape index (κ3) is 4.89. The molecule has 140 valence electrons. The number of rotatable bonds is 6. The number of benzene rings is 2. The molecule has 1 N–H and O–H groups in total. The van der Waals surface area contributed by atoms with Crippen molar-refractivity contribution in [2.45, 2.75) is 19.5 Å². The first kappa shape index (κ1) is 19.4. The molecule has 3 rings (SSSR count). The van der Waals surface area contributed by atoms with Gasteiger partial charge in [0.05, 0.1) is 0 Å². The van der Waals surface area contributed by atoms with Crippen molar-refractivity contribution >= 4 is 34.9 Å². The number of amides is 1. The Morgan fingerprint density at radius 3 is 2.56 bits per heavy atom. The molecular formula is C20H19Cl2N3O2. The molecule has 27 heavy (non-hydrogen) atoms. The number of nitrogens with zero attached hydrogens (tertiary/aromatic N) is 2. The molecule has 3 aromatic rings. The van der Waals surface area contributed by atoms with Crippen LogP contribution in [0.3, 0.4) is 0 Å². The van der Waals surface area contributed by atoms with Crippen molar-refractivity contribution in [2.75, 3.05) is 12.4 Å². The summed E-state index contributed by atoms with van der Waals surface area (Å²) in [6, 6.07) is 16.0. The summed E-state index contributed by atoms with van der Waals surface area (Å²) in [4.78, 5) is 14.9. The van der Waals surface area contributed by atoms with Crippen LogP contribution in [0.4, 0.5) is 5.82 Å². The monoisotopic (exact) mass is 403 g/mol. The summed E-state index contributed by atoms with van der Waals surface area (Å²) in [6.45, 7) is 2.24. The summed E-state index contributed by atoms with van der Waals surface area (Å²) in [5.74, 6) is 0.807. The molecule has 2 aromatic carbocycles. The lowest BCUT2D eigenvalue weighted by Crippen LogP contribution is -2.34. The summed E-state index contributed by atoms with van der Waals surface area (Å²) in [6.07, 6.45) is 0. The Balaban J connectivity index is 1.85. The molecule has 1 unspecified atom stereocenters. The number of likely N-dealkylation sites (N-methyl/N-ethyl adjacent to an activating group) is 1. The number of aryl methyl sites for hydroxylation is 1. The van der Waals surface area contributed by atoms with Crippen LogP contribution >= 0.6 is 23.2 Å². The lowest BCUT2D eigenvalue weighted by molar-refractivity contribution is -0.121. The van der Waals surface area contributed by atoms with Gasteiger partial charge in [-0.1, -0.05) is 64.8 Å². The highest BCUT2D eigenvalue weighted by Gasteiger charge is 2.26. The van der Waals surface area contributed by atoms with E-state index in [4.69, 9.17) is 27.7 Å². The average molecular weight is 404 g/mol. The van der Waals surface area contributed by atoms with E-state index in [1.54, 1.807) is 25.1 Å². The van der Waals surface area contributed by atoms with E-state index in [9.17, 15) is 4.79 Å². The van der Waals surface area contributed by atoms with E-state index in [1.165, 1.54) is 0 Å². The zero-order valence-electron chi connectivity index (χ0n) is 14.9. The second-order valence-electron chi connectivity index (χ2n) is 6.28. The summed E-state index contributed by atoms with van der Waals surface area (Å²) in [5.41, 5.74) is 1.75. The van der Waals surface area contributed by atoms with Gasteiger partial charge in [0, 0.05) is 22.7 Å². The van der Waals surface area contributed by atoms with E-state index in [1.807, 2.05) is 48.3 Å². The zero-order valence-corrected chi connectivity index (χ0v) is 16.5. The summed E-state index contributed by atoms with van der Waals surface area (Å²) in [7, 11) is 1.87. The number of aromatic nitrogens is 1. The summed E-state index contributed by atoms with van der Waals surface area (Å²) < 4.78 is 5.03. The molecule has 1 heterocycles. The van der Waals surface area contributed by atoms with E-state index in [0.717, 1.165) is 11.1 Å². The zero-order chi connectivity index (χ0) is 19.4. The quantitative estimate of drug-likeness (QED) is 0.621. The lowest BCUT2D eigenvalue weighted by Gasteiger charge is -2.27. The molecule has 5 nitrogen and oxygen atoms in total. The first-order valence-corrected chi connectivity index (χ1v) is 9.13. The number of anilines is 1. The minimum atomic E-state index is -0.532. The van der Waals surface area contributed by atoms with Crippen molar-refractivity contribution in [2.24, 2.45) is 0 Å². The van der Waals surface area contributed by atoms with E-state index < -0.39 is 6.04 Å². The van der Waals surface area contributed by atoms with Gasteiger partial charge >= 0.3 is 0 Å². The first-order chi connectivity index (χ1) is 12.9. The molecule has 0 fully saturated rings. The molecule has 1 aromatic heterocycles. The van der Waals surface area contributed by atoms with Gasteiger partial charge in [-0.25, -0.2) is 0 Å². The van der Waals surface area contributed by atoms with Gasteiger partial charge in [0.2, 0.25) is 5.91 Å². The number of hydrogen-bond donors (Lipinski definition) is 1. The number of halogens is 2. The standard InChI is InChI=1S/C20H19Cl2N3O2/c1-13-10-18(24-27-13)23-20(26)19(14-6-4-3-5-7-14)25(2)12-15-8-9-16(21)11-17(15)22/h3-11,19H,12H2,1-2H3,(H,23,24,26). The van der Waals surface area contributed by atoms with Crippen LogP contribution in [0.2, 0.25) is 10.0 Å². The average Bonchev–Trinajstić information content (AvgIpc) is 3.03. The highest BCUT2D eigenvalue weighted by Crippen LogP contribution is 2.27. The first-order valence-electron chi connectivity index (χ1n) is 8.37. The second kappa shape index (κ2) is 8.57. The van der Waals surface area contributed by atoms with Crippen molar-refractivity contribution in [1.29, 1.82) is 0 Å².